The van der Waals surface area contributed by atoms with Crippen LogP contribution in [0.5, 0.6) is 0 Å². The standard InChI is InChI=1S/C13H26N2O4/c1-6-9(3)10(11(16)17)15-12(18)14-8-13(4,5)19-7-2/h9-10H,6-8H2,1-5H3,(H,16,17)(H2,14,15,18). The van der Waals surface area contributed by atoms with E-state index in [0.29, 0.717) is 19.6 Å². The molecule has 6 nitrogen and oxygen atoms in total. The van der Waals surface area contributed by atoms with E-state index in [1.165, 1.54) is 0 Å². The van der Waals surface area contributed by atoms with Crippen LogP contribution in [0.2, 0.25) is 0 Å². The number of amides is 2. The van der Waals surface area contributed by atoms with E-state index in [2.05, 4.69) is 10.6 Å². The van der Waals surface area contributed by atoms with Crippen molar-refractivity contribution in [2.45, 2.75) is 52.7 Å². The summed E-state index contributed by atoms with van der Waals surface area (Å²) in [4.78, 5) is 22.8. The Balaban J connectivity index is 4.32. The fourth-order valence-corrected chi connectivity index (χ4v) is 1.61. The van der Waals surface area contributed by atoms with Crippen molar-refractivity contribution in [3.8, 4) is 0 Å². The Bertz CT molecular complexity index is 305. The Morgan fingerprint density at radius 3 is 2.32 bits per heavy atom. The molecule has 0 fully saturated rings. The number of carbonyl (C=O) groups excluding carboxylic acids is 1. The summed E-state index contributed by atoms with van der Waals surface area (Å²) in [5.74, 6) is -1.14. The highest BCUT2D eigenvalue weighted by Gasteiger charge is 2.26. The molecular formula is C13H26N2O4. The molecule has 0 aromatic rings. The van der Waals surface area contributed by atoms with Gasteiger partial charge >= 0.3 is 12.0 Å². The first-order valence-corrected chi connectivity index (χ1v) is 6.64. The summed E-state index contributed by atoms with van der Waals surface area (Å²) >= 11 is 0. The minimum Gasteiger partial charge on any atom is -0.480 e. The predicted octanol–water partition coefficient (Wildman–Crippen LogP) is 1.60. The highest BCUT2D eigenvalue weighted by Crippen LogP contribution is 2.09. The van der Waals surface area contributed by atoms with Gasteiger partial charge in [-0.3, -0.25) is 0 Å². The summed E-state index contributed by atoms with van der Waals surface area (Å²) in [6, 6.07) is -1.36. The monoisotopic (exact) mass is 274 g/mol. The molecule has 0 aromatic carbocycles. The number of aliphatic carboxylic acids is 1. The van der Waals surface area contributed by atoms with Crippen molar-refractivity contribution in [3.63, 3.8) is 0 Å². The lowest BCUT2D eigenvalue weighted by molar-refractivity contribution is -0.140. The lowest BCUT2D eigenvalue weighted by atomic mass is 9.99. The van der Waals surface area contributed by atoms with Crippen molar-refractivity contribution in [2.24, 2.45) is 5.92 Å². The SMILES string of the molecule is CCOC(C)(C)CNC(=O)NC(C(=O)O)C(C)CC. The molecule has 0 bridgehead atoms. The average molecular weight is 274 g/mol. The van der Waals surface area contributed by atoms with E-state index < -0.39 is 23.6 Å². The number of hydrogen-bond donors (Lipinski definition) is 3. The molecule has 112 valence electrons. The predicted molar refractivity (Wildman–Crippen MR) is 73.1 cm³/mol. The van der Waals surface area contributed by atoms with Crippen LogP contribution in [0.1, 0.15) is 41.0 Å². The number of urea groups is 1. The molecule has 0 spiro atoms. The van der Waals surface area contributed by atoms with E-state index in [-0.39, 0.29) is 5.92 Å². The molecule has 0 aliphatic rings. The summed E-state index contributed by atoms with van der Waals surface area (Å²) in [7, 11) is 0. The maximum absolute atomic E-state index is 11.7. The van der Waals surface area contributed by atoms with Gasteiger partial charge in [0.2, 0.25) is 0 Å². The number of carbonyl (C=O) groups is 2. The minimum atomic E-state index is -1.02. The topological polar surface area (TPSA) is 87.7 Å². The van der Waals surface area contributed by atoms with E-state index in [1.54, 1.807) is 6.92 Å². The van der Waals surface area contributed by atoms with Crippen molar-refractivity contribution < 1.29 is 19.4 Å². The van der Waals surface area contributed by atoms with Crippen LogP contribution in [0, 0.1) is 5.92 Å². The van der Waals surface area contributed by atoms with Crippen LogP contribution >= 0.6 is 0 Å². The molecule has 0 radical (unpaired) electrons. The molecule has 2 atom stereocenters. The summed E-state index contributed by atoms with van der Waals surface area (Å²) in [6.45, 7) is 10.2. The van der Waals surface area contributed by atoms with Crippen LogP contribution in [0.15, 0.2) is 0 Å². The van der Waals surface area contributed by atoms with Gasteiger partial charge in [0.25, 0.3) is 0 Å². The van der Waals surface area contributed by atoms with E-state index in [9.17, 15) is 9.59 Å². The van der Waals surface area contributed by atoms with Gasteiger partial charge in [0.05, 0.1) is 5.60 Å². The number of carboxylic acid groups (broad SMARTS) is 1. The van der Waals surface area contributed by atoms with E-state index in [0.717, 1.165) is 0 Å². The Morgan fingerprint density at radius 2 is 1.89 bits per heavy atom. The normalized spacial score (nSPS) is 14.6. The number of ether oxygens (including phenoxy) is 1. The lowest BCUT2D eigenvalue weighted by Gasteiger charge is -2.26. The molecule has 6 heteroatoms. The molecule has 0 aromatic heterocycles. The molecule has 19 heavy (non-hydrogen) atoms. The van der Waals surface area contributed by atoms with Gasteiger partial charge in [-0.05, 0) is 26.7 Å². The first kappa shape index (κ1) is 17.7. The maximum Gasteiger partial charge on any atom is 0.326 e. The molecule has 2 amide bonds. The molecule has 3 N–H and O–H groups in total. The van der Waals surface area contributed by atoms with E-state index in [1.807, 2.05) is 27.7 Å². The van der Waals surface area contributed by atoms with Gasteiger partial charge in [-0.25, -0.2) is 9.59 Å². The molecule has 2 unspecified atom stereocenters. The van der Waals surface area contributed by atoms with Crippen LogP contribution < -0.4 is 10.6 Å². The average Bonchev–Trinajstić information content (AvgIpc) is 2.32. The Kier molecular flexibility index (Phi) is 7.44. The molecule has 0 aliphatic carbocycles. The molecule has 0 rings (SSSR count). The first-order valence-electron chi connectivity index (χ1n) is 6.64. The largest absolute Gasteiger partial charge is 0.480 e. The van der Waals surface area contributed by atoms with Crippen LogP contribution in [-0.2, 0) is 9.53 Å². The van der Waals surface area contributed by atoms with Crippen molar-refractivity contribution in [2.75, 3.05) is 13.2 Å². The van der Waals surface area contributed by atoms with Gasteiger partial charge in [0.1, 0.15) is 6.04 Å². The van der Waals surface area contributed by atoms with Crippen molar-refractivity contribution >= 4 is 12.0 Å². The number of hydrogen-bond acceptors (Lipinski definition) is 3. The number of rotatable bonds is 8. The highest BCUT2D eigenvalue weighted by atomic mass is 16.5. The second-order valence-electron chi connectivity index (χ2n) is 5.22. The third-order valence-electron chi connectivity index (χ3n) is 2.98. The zero-order valence-corrected chi connectivity index (χ0v) is 12.4. The fraction of sp³-hybridized carbons (Fsp3) is 0.846. The second kappa shape index (κ2) is 7.99. The first-order chi connectivity index (χ1) is 8.73. The molecule has 0 saturated heterocycles. The molecular weight excluding hydrogens is 248 g/mol. The quantitative estimate of drug-likeness (QED) is 0.627. The second-order valence-corrected chi connectivity index (χ2v) is 5.22. The maximum atomic E-state index is 11.7. The van der Waals surface area contributed by atoms with Gasteiger partial charge in [-0.15, -0.1) is 0 Å². The number of nitrogens with one attached hydrogen (secondary N) is 2. The van der Waals surface area contributed by atoms with Gasteiger partial charge in [0.15, 0.2) is 0 Å². The van der Waals surface area contributed by atoms with Crippen molar-refractivity contribution in [3.05, 3.63) is 0 Å². The molecule has 0 heterocycles. The van der Waals surface area contributed by atoms with Gasteiger partial charge in [-0.2, -0.15) is 0 Å². The third kappa shape index (κ3) is 7.00. The summed E-state index contributed by atoms with van der Waals surface area (Å²) < 4.78 is 5.44. The summed E-state index contributed by atoms with van der Waals surface area (Å²) in [6.07, 6.45) is 0.682. The Morgan fingerprint density at radius 1 is 1.32 bits per heavy atom. The fourth-order valence-electron chi connectivity index (χ4n) is 1.61. The zero-order chi connectivity index (χ0) is 15.1. The Hall–Kier alpha value is -1.30. The molecule has 0 saturated carbocycles. The minimum absolute atomic E-state index is 0.122. The van der Waals surface area contributed by atoms with Crippen LogP contribution in [0.4, 0.5) is 4.79 Å². The van der Waals surface area contributed by atoms with Gasteiger partial charge < -0.3 is 20.5 Å². The Labute approximate surface area is 114 Å². The van der Waals surface area contributed by atoms with Gasteiger partial charge in [0, 0.05) is 13.2 Å². The van der Waals surface area contributed by atoms with Crippen molar-refractivity contribution in [1.29, 1.82) is 0 Å². The third-order valence-corrected chi connectivity index (χ3v) is 2.98. The summed E-state index contributed by atoms with van der Waals surface area (Å²) in [5, 5.41) is 14.2. The van der Waals surface area contributed by atoms with Crippen LogP contribution in [-0.4, -0.2) is 41.9 Å². The smallest absolute Gasteiger partial charge is 0.326 e. The van der Waals surface area contributed by atoms with Gasteiger partial charge in [-0.1, -0.05) is 20.3 Å². The van der Waals surface area contributed by atoms with Crippen LogP contribution in [0.25, 0.3) is 0 Å². The van der Waals surface area contributed by atoms with Crippen LogP contribution in [0.3, 0.4) is 0 Å². The zero-order valence-electron chi connectivity index (χ0n) is 12.4. The molecule has 0 aliphatic heterocycles. The highest BCUT2D eigenvalue weighted by molar-refractivity contribution is 5.82. The number of carboxylic acids is 1. The van der Waals surface area contributed by atoms with E-state index in [4.69, 9.17) is 9.84 Å². The summed E-state index contributed by atoms with van der Waals surface area (Å²) in [5.41, 5.74) is -0.471. The van der Waals surface area contributed by atoms with E-state index >= 15 is 0 Å². The van der Waals surface area contributed by atoms with Crippen molar-refractivity contribution in [1.82, 2.24) is 10.6 Å². The lowest BCUT2D eigenvalue weighted by Crippen LogP contribution is -2.51.